The largest absolute Gasteiger partial charge is 0.508 e. The van der Waals surface area contributed by atoms with E-state index in [2.05, 4.69) is 32.0 Å². The average Bonchev–Trinajstić information content (AvgIpc) is 3.04. The van der Waals surface area contributed by atoms with Crippen LogP contribution in [-0.2, 0) is 46.6 Å². The second-order valence-corrected chi connectivity index (χ2v) is 14.6. The van der Waals surface area contributed by atoms with Crippen LogP contribution in [-0.4, -0.2) is 105 Å². The lowest BCUT2D eigenvalue weighted by Gasteiger charge is -2.44. The zero-order valence-corrected chi connectivity index (χ0v) is 30.6. The van der Waals surface area contributed by atoms with Crippen molar-refractivity contribution in [2.24, 2.45) is 0 Å². The van der Waals surface area contributed by atoms with Gasteiger partial charge in [-0.3, -0.25) is 13.6 Å². The summed E-state index contributed by atoms with van der Waals surface area (Å²) in [7, 11) is -2.86. The molecule has 48 heavy (non-hydrogen) atoms. The molecule has 1 saturated heterocycles. The normalized spacial score (nSPS) is 21.9. The monoisotopic (exact) mass is 767 g/mol. The Morgan fingerprint density at radius 1 is 0.958 bits per heavy atom. The van der Waals surface area contributed by atoms with Crippen molar-refractivity contribution < 1.29 is 61.3 Å². The highest BCUT2D eigenvalue weighted by molar-refractivity contribution is 7.48. The number of alkyl halides is 3. The number of nitrogens with one attached hydrogen (secondary N) is 1. The van der Waals surface area contributed by atoms with Gasteiger partial charge in [-0.05, 0) is 12.8 Å². The van der Waals surface area contributed by atoms with E-state index in [1.165, 1.54) is 18.2 Å². The van der Waals surface area contributed by atoms with E-state index in [4.69, 9.17) is 76.8 Å². The number of phosphoric ester groups is 1. The zero-order valence-electron chi connectivity index (χ0n) is 27.4. The van der Waals surface area contributed by atoms with E-state index in [0.717, 1.165) is 38.5 Å². The quantitative estimate of drug-likeness (QED) is 0.0338. The molecule has 18 heteroatoms. The molecule has 1 rings (SSSR count). The highest BCUT2D eigenvalue weighted by Gasteiger charge is 2.51. The lowest BCUT2D eigenvalue weighted by molar-refractivity contribution is -0.259. The first kappa shape index (κ1) is 44.6. The van der Waals surface area contributed by atoms with Crippen LogP contribution in [0.4, 0.5) is 9.59 Å². The number of hydrogen-bond donors (Lipinski definition) is 2. The molecule has 1 heterocycles. The van der Waals surface area contributed by atoms with Gasteiger partial charge in [-0.25, -0.2) is 14.2 Å². The summed E-state index contributed by atoms with van der Waals surface area (Å²) in [6.07, 6.45) is 2.19. The van der Waals surface area contributed by atoms with Gasteiger partial charge in [0.15, 0.2) is 6.29 Å². The summed E-state index contributed by atoms with van der Waals surface area (Å²) >= 11 is 17.1. The van der Waals surface area contributed by atoms with Gasteiger partial charge < -0.3 is 38.8 Å². The molecule has 1 fully saturated rings. The summed E-state index contributed by atoms with van der Waals surface area (Å²) in [5.74, 6) is 0. The summed E-state index contributed by atoms with van der Waals surface area (Å²) < 4.78 is 61.0. The highest BCUT2D eigenvalue weighted by atomic mass is 35.6. The van der Waals surface area contributed by atoms with Crippen molar-refractivity contribution in [2.75, 3.05) is 46.8 Å². The van der Waals surface area contributed by atoms with E-state index in [0.29, 0.717) is 6.42 Å². The fourth-order valence-corrected chi connectivity index (χ4v) is 5.89. The number of methoxy groups -OCH3 is 1. The van der Waals surface area contributed by atoms with E-state index in [1.807, 2.05) is 0 Å². The minimum atomic E-state index is -4.45. The lowest BCUT2D eigenvalue weighted by atomic mass is 9.96. The Kier molecular flexibility index (Phi) is 22.9. The van der Waals surface area contributed by atoms with Crippen molar-refractivity contribution in [3.8, 4) is 0 Å². The number of carbonyl (C=O) groups is 2. The maximum Gasteiger partial charge on any atom is 0.508 e. The second kappa shape index (κ2) is 24.7. The maximum absolute atomic E-state index is 13.8. The van der Waals surface area contributed by atoms with Crippen LogP contribution in [0.3, 0.4) is 0 Å². The van der Waals surface area contributed by atoms with Gasteiger partial charge in [-0.2, -0.15) is 0 Å². The molecule has 278 valence electrons. The molecule has 1 aliphatic rings. The molecule has 0 bridgehead atoms. The van der Waals surface area contributed by atoms with Gasteiger partial charge in [0.05, 0.1) is 19.3 Å². The van der Waals surface area contributed by atoms with E-state index in [9.17, 15) is 19.3 Å². The number of hydrogen-bond acceptors (Lipinski definition) is 13. The minimum Gasteiger partial charge on any atom is -0.445 e. The van der Waals surface area contributed by atoms with Gasteiger partial charge in [0, 0.05) is 13.7 Å². The molecular formula is C30H49Cl3NO13P. The van der Waals surface area contributed by atoms with E-state index in [1.54, 1.807) is 7.11 Å². The first-order valence-corrected chi connectivity index (χ1v) is 18.1. The first-order valence-electron chi connectivity index (χ1n) is 15.5. The smallest absolute Gasteiger partial charge is 0.445 e. The number of alkyl carbamates (subject to hydrolysis) is 1. The van der Waals surface area contributed by atoms with Crippen LogP contribution in [0.1, 0.15) is 51.9 Å². The highest BCUT2D eigenvalue weighted by Crippen LogP contribution is 2.52. The standard InChI is InChI=1S/C30H49Cl3NO13P/c1-6-10-11-12-13-14-22(39-5)15-19-40-26-24(34-28(36)43-21-30(31,32)33)27(35)46-23(20-42-29(37)41-16-7-2)25(26)47-48(38,44-17-8-3)45-18-9-4/h7-9,22-27,35H,2-4,6,10-21H2,1,5H3,(H,34,36)/t22-,23-,24-,25-,26-,27?/m1/s1. The third kappa shape index (κ3) is 18.5. The number of halogens is 3. The fraction of sp³-hybridized carbons (Fsp3) is 0.733. The fourth-order valence-electron chi connectivity index (χ4n) is 4.40. The summed E-state index contributed by atoms with van der Waals surface area (Å²) in [4.78, 5) is 24.9. The number of ether oxygens (including phenoxy) is 6. The Labute approximate surface area is 297 Å². The van der Waals surface area contributed by atoms with Crippen molar-refractivity contribution in [1.82, 2.24) is 5.32 Å². The molecule has 0 saturated carbocycles. The molecule has 0 aliphatic carbocycles. The Balaban J connectivity index is 3.40. The van der Waals surface area contributed by atoms with Gasteiger partial charge >= 0.3 is 20.1 Å². The van der Waals surface area contributed by atoms with Crippen molar-refractivity contribution >= 4 is 54.9 Å². The number of aliphatic hydroxyl groups is 1. The summed E-state index contributed by atoms with van der Waals surface area (Å²) in [5.41, 5.74) is 0. The van der Waals surface area contributed by atoms with Crippen LogP contribution >= 0.6 is 42.6 Å². The molecule has 0 radical (unpaired) electrons. The topological polar surface area (TPSA) is 167 Å². The molecule has 1 unspecified atom stereocenters. The van der Waals surface area contributed by atoms with Crippen LogP contribution < -0.4 is 5.32 Å². The maximum atomic E-state index is 13.8. The lowest BCUT2D eigenvalue weighted by Crippen LogP contribution is -2.65. The molecular weight excluding hydrogens is 720 g/mol. The van der Waals surface area contributed by atoms with Gasteiger partial charge in [0.2, 0.25) is 3.79 Å². The van der Waals surface area contributed by atoms with E-state index < -0.39 is 67.7 Å². The SMILES string of the molecule is C=CCOC(=O)OC[C@H]1OC(O)[C@H](NC(=O)OCC(Cl)(Cl)Cl)[C@@H](OCC[C@@H](CCCCCCC)OC)[C@@H]1OP(=O)(OCC=C)OCC=C. The minimum absolute atomic E-state index is 0.0202. The molecule has 0 aromatic rings. The summed E-state index contributed by atoms with van der Waals surface area (Å²) in [6.45, 7) is 10.9. The number of rotatable bonds is 25. The number of aliphatic hydroxyl groups excluding tert-OH is 1. The van der Waals surface area contributed by atoms with Gasteiger partial charge in [0.25, 0.3) is 0 Å². The molecule has 1 aliphatic heterocycles. The molecule has 6 atom stereocenters. The Morgan fingerprint density at radius 2 is 1.60 bits per heavy atom. The van der Waals surface area contributed by atoms with Gasteiger partial charge in [0.1, 0.15) is 44.2 Å². The molecule has 1 amide bonds. The van der Waals surface area contributed by atoms with Gasteiger partial charge in [-0.15, -0.1) is 13.2 Å². The number of amides is 1. The van der Waals surface area contributed by atoms with Crippen LogP contribution in [0.5, 0.6) is 0 Å². The number of unbranched alkanes of at least 4 members (excludes halogenated alkanes) is 4. The Morgan fingerprint density at radius 3 is 2.19 bits per heavy atom. The number of carbonyl (C=O) groups excluding carboxylic acids is 2. The third-order valence-electron chi connectivity index (χ3n) is 6.67. The van der Waals surface area contributed by atoms with Crippen molar-refractivity contribution in [3.05, 3.63) is 38.0 Å². The molecule has 2 N–H and O–H groups in total. The predicted molar refractivity (Wildman–Crippen MR) is 180 cm³/mol. The summed E-state index contributed by atoms with van der Waals surface area (Å²) in [6, 6.07) is -1.43. The van der Waals surface area contributed by atoms with E-state index >= 15 is 0 Å². The second-order valence-electron chi connectivity index (χ2n) is 10.5. The molecule has 0 spiro atoms. The van der Waals surface area contributed by atoms with Crippen molar-refractivity contribution in [2.45, 2.75) is 92.4 Å². The average molecular weight is 769 g/mol. The summed E-state index contributed by atoms with van der Waals surface area (Å²) in [5, 5.41) is 13.5. The molecule has 0 aromatic carbocycles. The number of phosphoric acid groups is 1. The Hall–Kier alpha value is -1.42. The van der Waals surface area contributed by atoms with Crippen LogP contribution in [0, 0.1) is 0 Å². The zero-order chi connectivity index (χ0) is 36.0. The molecule has 14 nitrogen and oxygen atoms in total. The van der Waals surface area contributed by atoms with Crippen molar-refractivity contribution in [3.63, 3.8) is 0 Å². The predicted octanol–water partition coefficient (Wildman–Crippen LogP) is 6.56. The van der Waals surface area contributed by atoms with Gasteiger partial charge in [-0.1, -0.05) is 98.6 Å². The third-order valence-corrected chi connectivity index (χ3v) is 8.43. The van der Waals surface area contributed by atoms with Crippen molar-refractivity contribution in [1.29, 1.82) is 0 Å². The first-order chi connectivity index (χ1) is 22.8. The van der Waals surface area contributed by atoms with Crippen LogP contribution in [0.15, 0.2) is 38.0 Å². The Bertz CT molecular complexity index is 1000. The van der Waals surface area contributed by atoms with E-state index in [-0.39, 0.29) is 32.5 Å². The van der Waals surface area contributed by atoms with Crippen LogP contribution in [0.25, 0.3) is 0 Å². The van der Waals surface area contributed by atoms with Crippen LogP contribution in [0.2, 0.25) is 0 Å². The molecule has 0 aromatic heterocycles.